The van der Waals surface area contributed by atoms with Crippen molar-refractivity contribution in [2.24, 2.45) is 5.92 Å². The highest BCUT2D eigenvalue weighted by Gasteiger charge is 2.25. The van der Waals surface area contributed by atoms with Gasteiger partial charge in [-0.15, -0.1) is 11.3 Å². The molecule has 1 amide bonds. The van der Waals surface area contributed by atoms with Crippen molar-refractivity contribution in [1.29, 1.82) is 0 Å². The smallest absolute Gasteiger partial charge is 0.278 e. The Morgan fingerprint density at radius 1 is 1.14 bits per heavy atom. The third-order valence-electron chi connectivity index (χ3n) is 5.16. The van der Waals surface area contributed by atoms with E-state index in [2.05, 4.69) is 24.9 Å². The number of hydrogen-bond donors (Lipinski definition) is 1. The molecule has 4 nitrogen and oxygen atoms in total. The van der Waals surface area contributed by atoms with E-state index in [1.165, 1.54) is 12.1 Å². The summed E-state index contributed by atoms with van der Waals surface area (Å²) in [6.07, 6.45) is 0. The number of benzene rings is 2. The molecular weight excluding hydrogens is 373 g/mol. The second-order valence-corrected chi connectivity index (χ2v) is 8.52. The van der Waals surface area contributed by atoms with Crippen molar-refractivity contribution in [1.82, 2.24) is 9.88 Å². The van der Waals surface area contributed by atoms with Crippen LogP contribution in [0.3, 0.4) is 0 Å². The second kappa shape index (κ2) is 8.80. The summed E-state index contributed by atoms with van der Waals surface area (Å²) in [5, 5.41) is 2.98. The van der Waals surface area contributed by atoms with E-state index in [4.69, 9.17) is 0 Å². The molecule has 0 fully saturated rings. The number of likely N-dealkylation sites (N-methyl/N-ethyl adjacent to an activating group) is 1. The van der Waals surface area contributed by atoms with E-state index in [0.29, 0.717) is 12.5 Å². The lowest BCUT2D eigenvalue weighted by molar-refractivity contribution is -0.692. The van der Waals surface area contributed by atoms with Crippen LogP contribution in [-0.2, 0) is 4.79 Å². The average molecular weight is 401 g/mol. The number of hydrogen-bond acceptors (Lipinski definition) is 3. The van der Waals surface area contributed by atoms with Crippen LogP contribution in [-0.4, -0.2) is 29.4 Å². The van der Waals surface area contributed by atoms with Crippen LogP contribution in [0.1, 0.15) is 43.4 Å². The predicted octanol–water partition coefficient (Wildman–Crippen LogP) is 3.92. The van der Waals surface area contributed by atoms with E-state index in [0.717, 1.165) is 20.8 Å². The topological polar surface area (TPSA) is 49.8 Å². The second-order valence-electron chi connectivity index (χ2n) is 7.46. The van der Waals surface area contributed by atoms with Crippen LogP contribution in [0.25, 0.3) is 10.2 Å². The van der Waals surface area contributed by atoms with Crippen LogP contribution in [0.4, 0.5) is 4.39 Å². The van der Waals surface area contributed by atoms with Crippen molar-refractivity contribution in [2.45, 2.75) is 32.9 Å². The number of nitrogens with two attached hydrogens (primary N) is 1. The van der Waals surface area contributed by atoms with Crippen LogP contribution >= 0.6 is 11.3 Å². The van der Waals surface area contributed by atoms with Crippen molar-refractivity contribution < 1.29 is 14.5 Å². The van der Waals surface area contributed by atoms with Gasteiger partial charge in [0.1, 0.15) is 16.9 Å². The molecule has 0 aliphatic carbocycles. The van der Waals surface area contributed by atoms with Crippen molar-refractivity contribution in [2.75, 3.05) is 13.6 Å². The summed E-state index contributed by atoms with van der Waals surface area (Å²) in [7, 11) is 1.83. The molecule has 3 aromatic rings. The van der Waals surface area contributed by atoms with Crippen molar-refractivity contribution in [3.05, 3.63) is 64.9 Å². The van der Waals surface area contributed by atoms with Gasteiger partial charge in [-0.1, -0.05) is 38.1 Å². The molecule has 28 heavy (non-hydrogen) atoms. The van der Waals surface area contributed by atoms with Crippen LogP contribution in [0.2, 0.25) is 0 Å². The van der Waals surface area contributed by atoms with Gasteiger partial charge in [-0.25, -0.2) is 9.37 Å². The minimum atomic E-state index is -0.244. The Morgan fingerprint density at radius 3 is 2.46 bits per heavy atom. The minimum Gasteiger partial charge on any atom is -0.332 e. The normalized spacial score (nSPS) is 13.6. The van der Waals surface area contributed by atoms with Crippen molar-refractivity contribution in [3.8, 4) is 0 Å². The van der Waals surface area contributed by atoms with Gasteiger partial charge in [0.2, 0.25) is 0 Å². The summed E-state index contributed by atoms with van der Waals surface area (Å²) >= 11 is 1.63. The number of aromatic nitrogens is 1. The summed E-state index contributed by atoms with van der Waals surface area (Å²) in [6.45, 7) is 6.58. The largest absolute Gasteiger partial charge is 0.332 e. The molecule has 0 radical (unpaired) electrons. The monoisotopic (exact) mass is 400 g/mol. The van der Waals surface area contributed by atoms with Gasteiger partial charge in [0.05, 0.1) is 16.3 Å². The zero-order valence-electron chi connectivity index (χ0n) is 16.7. The van der Waals surface area contributed by atoms with Crippen LogP contribution in [0.15, 0.2) is 48.5 Å². The first-order valence-electron chi connectivity index (χ1n) is 9.56. The van der Waals surface area contributed by atoms with Gasteiger partial charge in [-0.3, -0.25) is 4.79 Å². The highest BCUT2D eigenvalue weighted by molar-refractivity contribution is 7.18. The van der Waals surface area contributed by atoms with Gasteiger partial charge in [-0.2, -0.15) is 0 Å². The van der Waals surface area contributed by atoms with E-state index in [-0.39, 0.29) is 23.8 Å². The summed E-state index contributed by atoms with van der Waals surface area (Å²) in [5.74, 6) is 0.136. The number of nitrogens with zero attached hydrogens (tertiary/aromatic N) is 2. The van der Waals surface area contributed by atoms with E-state index in [1.54, 1.807) is 28.4 Å². The first-order chi connectivity index (χ1) is 13.4. The predicted molar refractivity (Wildman–Crippen MR) is 112 cm³/mol. The molecule has 2 atom stereocenters. The van der Waals surface area contributed by atoms with Crippen molar-refractivity contribution >= 4 is 27.5 Å². The first kappa shape index (κ1) is 20.4. The maximum absolute atomic E-state index is 13.2. The van der Waals surface area contributed by atoms with E-state index in [9.17, 15) is 9.18 Å². The highest BCUT2D eigenvalue weighted by atomic mass is 32.1. The number of amides is 1. The maximum atomic E-state index is 13.2. The molecule has 3 rings (SSSR count). The molecule has 148 valence electrons. The zero-order chi connectivity index (χ0) is 20.3. The number of fused-ring (bicyclic) bond motifs is 1. The molecule has 0 unspecified atom stereocenters. The number of thiazole rings is 1. The Hall–Kier alpha value is -2.31. The molecule has 2 aromatic carbocycles. The lowest BCUT2D eigenvalue weighted by Gasteiger charge is -2.25. The molecule has 0 aliphatic rings. The molecule has 6 heteroatoms. The zero-order valence-corrected chi connectivity index (χ0v) is 17.5. The van der Waals surface area contributed by atoms with Gasteiger partial charge in [0.25, 0.3) is 5.91 Å². The van der Waals surface area contributed by atoms with E-state index >= 15 is 0 Å². The third-order valence-corrected chi connectivity index (χ3v) is 6.37. The number of rotatable bonds is 7. The molecule has 0 aliphatic heterocycles. The molecule has 0 bridgehead atoms. The Morgan fingerprint density at radius 2 is 1.82 bits per heavy atom. The molecule has 1 aromatic heterocycles. The first-order valence-corrected chi connectivity index (χ1v) is 10.4. The van der Waals surface area contributed by atoms with E-state index in [1.807, 2.05) is 37.5 Å². The van der Waals surface area contributed by atoms with Gasteiger partial charge >= 0.3 is 0 Å². The summed E-state index contributed by atoms with van der Waals surface area (Å²) in [5.41, 5.74) is 2.00. The molecular formula is C22H27FN3OS+. The number of quaternary nitrogens is 1. The molecule has 2 N–H and O–H groups in total. The third kappa shape index (κ3) is 4.56. The van der Waals surface area contributed by atoms with Crippen molar-refractivity contribution in [3.63, 3.8) is 0 Å². The fourth-order valence-electron chi connectivity index (χ4n) is 3.30. The summed E-state index contributed by atoms with van der Waals surface area (Å²) in [4.78, 5) is 19.2. The molecule has 1 heterocycles. The Balaban J connectivity index is 1.66. The number of halogens is 1. The lowest BCUT2D eigenvalue weighted by atomic mass is 9.96. The highest BCUT2D eigenvalue weighted by Crippen LogP contribution is 2.28. The number of carbonyl (C=O) groups excluding carboxylic acids is 1. The fraction of sp³-hybridized carbons (Fsp3) is 0.364. The van der Waals surface area contributed by atoms with E-state index < -0.39 is 0 Å². The summed E-state index contributed by atoms with van der Waals surface area (Å²) in [6, 6.07) is 14.6. The van der Waals surface area contributed by atoms with Gasteiger partial charge in [0, 0.05) is 18.5 Å². The summed E-state index contributed by atoms with van der Waals surface area (Å²) < 4.78 is 14.4. The van der Waals surface area contributed by atoms with Crippen LogP contribution < -0.4 is 5.32 Å². The van der Waals surface area contributed by atoms with Gasteiger partial charge < -0.3 is 10.2 Å². The average Bonchev–Trinajstić information content (AvgIpc) is 3.12. The van der Waals surface area contributed by atoms with Crippen LogP contribution in [0, 0.1) is 11.7 Å². The number of para-hydroxylation sites is 1. The minimum absolute atomic E-state index is 0.0551. The quantitative estimate of drug-likeness (QED) is 0.654. The van der Waals surface area contributed by atoms with Gasteiger partial charge in [-0.05, 0) is 31.2 Å². The standard InChI is InChI=1S/C22H26FN3OS/c1-14(2)21(16-9-11-17(23)12-10-16)24-13-20(27)26(4)15(3)22-25-18-7-5-6-8-19(18)28-22/h5-12,14-15,21,24H,13H2,1-4H3/p+1/t15-,21-/m0/s1. The van der Waals surface area contributed by atoms with Gasteiger partial charge in [0.15, 0.2) is 6.54 Å². The molecule has 0 saturated carbocycles. The Labute approximate surface area is 169 Å². The van der Waals surface area contributed by atoms with Crippen LogP contribution in [0.5, 0.6) is 0 Å². The lowest BCUT2D eigenvalue weighted by Crippen LogP contribution is -2.88. The molecule has 0 spiro atoms. The SMILES string of the molecule is CC(C)[C@H]([NH2+]CC(=O)N(C)[C@@H](C)c1nc2ccccc2s1)c1ccc(F)cc1. The Bertz CT molecular complexity index is 905. The maximum Gasteiger partial charge on any atom is 0.278 e. The number of carbonyl (C=O) groups is 1. The Kier molecular flexibility index (Phi) is 6.42. The molecule has 0 saturated heterocycles. The fourth-order valence-corrected chi connectivity index (χ4v) is 4.36.